The van der Waals surface area contributed by atoms with E-state index >= 15 is 0 Å². The summed E-state index contributed by atoms with van der Waals surface area (Å²) in [6.07, 6.45) is -4.00. The van der Waals surface area contributed by atoms with Crippen LogP contribution in [0.1, 0.15) is 10.4 Å². The van der Waals surface area contributed by atoms with Crippen LogP contribution in [-0.2, 0) is 4.79 Å². The second-order valence-corrected chi connectivity index (χ2v) is 3.68. The summed E-state index contributed by atoms with van der Waals surface area (Å²) in [5, 5.41) is 1.65. The highest BCUT2D eigenvalue weighted by atomic mass is 19.4. The highest BCUT2D eigenvalue weighted by Crippen LogP contribution is 2.29. The highest BCUT2D eigenvalue weighted by molar-refractivity contribution is 5.82. The molecule has 1 amide bonds. The van der Waals surface area contributed by atoms with Crippen molar-refractivity contribution in [3.63, 3.8) is 0 Å². The minimum atomic E-state index is -4.49. The average molecular weight is 291 g/mol. The third-order valence-corrected chi connectivity index (χ3v) is 2.19. The van der Waals surface area contributed by atoms with Gasteiger partial charge in [0.1, 0.15) is 6.54 Å². The monoisotopic (exact) mass is 291 g/mol. The number of hydrogen-bond donors (Lipinski definition) is 1. The lowest BCUT2D eigenvalue weighted by Crippen LogP contribution is -2.36. The fourth-order valence-electron chi connectivity index (χ4n) is 1.33. The van der Waals surface area contributed by atoms with Crippen LogP contribution in [0.2, 0.25) is 0 Å². The Bertz CT molecular complexity index is 488. The standard InChI is InChI=1S/C12H12F3NO4/c1-19-9-4-2-3-8(5-17)11(9)20-6-10(18)16-7-12(13,14)15/h2-5H,6-7H2,1H3,(H,16,18). The molecule has 110 valence electrons. The van der Waals surface area contributed by atoms with Gasteiger partial charge in [0.05, 0.1) is 12.7 Å². The highest BCUT2D eigenvalue weighted by Gasteiger charge is 2.27. The zero-order chi connectivity index (χ0) is 15.2. The van der Waals surface area contributed by atoms with Crippen molar-refractivity contribution in [3.05, 3.63) is 23.8 Å². The van der Waals surface area contributed by atoms with Gasteiger partial charge in [-0.2, -0.15) is 13.2 Å². The normalized spacial score (nSPS) is 10.8. The van der Waals surface area contributed by atoms with Crippen molar-refractivity contribution in [3.8, 4) is 11.5 Å². The van der Waals surface area contributed by atoms with Crippen molar-refractivity contribution in [1.29, 1.82) is 0 Å². The van der Waals surface area contributed by atoms with Crippen molar-refractivity contribution in [2.24, 2.45) is 0 Å². The number of ether oxygens (including phenoxy) is 2. The van der Waals surface area contributed by atoms with Gasteiger partial charge < -0.3 is 14.8 Å². The van der Waals surface area contributed by atoms with Crippen LogP contribution in [0.3, 0.4) is 0 Å². The van der Waals surface area contributed by atoms with E-state index in [-0.39, 0.29) is 17.1 Å². The lowest BCUT2D eigenvalue weighted by Gasteiger charge is -2.13. The summed E-state index contributed by atoms with van der Waals surface area (Å²) in [5.41, 5.74) is 0.132. The quantitative estimate of drug-likeness (QED) is 0.808. The molecular formula is C12H12F3NO4. The Balaban J connectivity index is 2.65. The Kier molecular flexibility index (Phi) is 5.36. The first-order valence-electron chi connectivity index (χ1n) is 5.46. The minimum Gasteiger partial charge on any atom is -0.493 e. The number of benzene rings is 1. The van der Waals surface area contributed by atoms with Crippen LogP contribution in [0, 0.1) is 0 Å². The first-order chi connectivity index (χ1) is 9.37. The van der Waals surface area contributed by atoms with E-state index in [4.69, 9.17) is 9.47 Å². The molecule has 0 bridgehead atoms. The summed E-state index contributed by atoms with van der Waals surface area (Å²) in [7, 11) is 1.33. The summed E-state index contributed by atoms with van der Waals surface area (Å²) < 4.78 is 45.7. The van der Waals surface area contributed by atoms with Gasteiger partial charge >= 0.3 is 6.18 Å². The zero-order valence-corrected chi connectivity index (χ0v) is 10.5. The van der Waals surface area contributed by atoms with Crippen LogP contribution < -0.4 is 14.8 Å². The first kappa shape index (κ1) is 15.8. The largest absolute Gasteiger partial charge is 0.493 e. The van der Waals surface area contributed by atoms with Gasteiger partial charge in [-0.15, -0.1) is 0 Å². The van der Waals surface area contributed by atoms with Crippen LogP contribution in [0.5, 0.6) is 11.5 Å². The van der Waals surface area contributed by atoms with Gasteiger partial charge in [0.2, 0.25) is 0 Å². The van der Waals surface area contributed by atoms with Gasteiger partial charge in [-0.3, -0.25) is 9.59 Å². The predicted molar refractivity (Wildman–Crippen MR) is 62.9 cm³/mol. The molecule has 0 spiro atoms. The minimum absolute atomic E-state index is 0.00663. The van der Waals surface area contributed by atoms with E-state index in [0.717, 1.165) is 0 Å². The molecule has 0 saturated carbocycles. The molecule has 0 aliphatic carbocycles. The summed E-state index contributed by atoms with van der Waals surface area (Å²) in [6.45, 7) is -2.10. The van der Waals surface area contributed by atoms with E-state index in [1.807, 2.05) is 0 Å². The predicted octanol–water partition coefficient (Wildman–Crippen LogP) is 1.56. The van der Waals surface area contributed by atoms with E-state index in [1.54, 1.807) is 11.4 Å². The molecule has 8 heteroatoms. The molecule has 0 unspecified atom stereocenters. The summed E-state index contributed by atoms with van der Waals surface area (Å²) in [6, 6.07) is 4.47. The number of carbonyl (C=O) groups is 2. The van der Waals surface area contributed by atoms with Crippen LogP contribution in [0.15, 0.2) is 18.2 Å². The number of aldehydes is 1. The molecule has 0 aromatic heterocycles. The third-order valence-electron chi connectivity index (χ3n) is 2.19. The molecule has 1 rings (SSSR count). The van der Waals surface area contributed by atoms with Crippen molar-refractivity contribution in [1.82, 2.24) is 5.32 Å². The molecule has 20 heavy (non-hydrogen) atoms. The second-order valence-electron chi connectivity index (χ2n) is 3.68. The molecular weight excluding hydrogens is 279 g/mol. The smallest absolute Gasteiger partial charge is 0.405 e. The van der Waals surface area contributed by atoms with E-state index in [0.29, 0.717) is 6.29 Å². The molecule has 5 nitrogen and oxygen atoms in total. The van der Waals surface area contributed by atoms with Gasteiger partial charge in [0.25, 0.3) is 5.91 Å². The van der Waals surface area contributed by atoms with E-state index in [1.165, 1.54) is 19.2 Å². The lowest BCUT2D eigenvalue weighted by molar-refractivity contribution is -0.139. The Morgan fingerprint density at radius 2 is 2.10 bits per heavy atom. The summed E-state index contributed by atoms with van der Waals surface area (Å²) >= 11 is 0. The molecule has 0 atom stereocenters. The Labute approximate surface area is 112 Å². The Morgan fingerprint density at radius 3 is 2.65 bits per heavy atom. The van der Waals surface area contributed by atoms with Crippen molar-refractivity contribution >= 4 is 12.2 Å². The van der Waals surface area contributed by atoms with Gasteiger partial charge in [-0.05, 0) is 12.1 Å². The SMILES string of the molecule is COc1cccc(C=O)c1OCC(=O)NCC(F)(F)F. The number of halogens is 3. The topological polar surface area (TPSA) is 64.6 Å². The first-order valence-corrected chi connectivity index (χ1v) is 5.46. The number of rotatable bonds is 6. The molecule has 0 aliphatic heterocycles. The molecule has 0 saturated heterocycles. The third kappa shape index (κ3) is 4.79. The molecule has 0 aliphatic rings. The van der Waals surface area contributed by atoms with Gasteiger partial charge in [-0.25, -0.2) is 0 Å². The maximum atomic E-state index is 11.9. The average Bonchev–Trinajstić information content (AvgIpc) is 2.41. The van der Waals surface area contributed by atoms with Gasteiger partial charge in [0.15, 0.2) is 24.4 Å². The molecule has 1 aromatic rings. The second kappa shape index (κ2) is 6.78. The van der Waals surface area contributed by atoms with Gasteiger partial charge in [0, 0.05) is 0 Å². The van der Waals surface area contributed by atoms with Crippen molar-refractivity contribution < 1.29 is 32.2 Å². The number of methoxy groups -OCH3 is 1. The van der Waals surface area contributed by atoms with E-state index in [9.17, 15) is 22.8 Å². The number of hydrogen-bond acceptors (Lipinski definition) is 4. The molecule has 0 fully saturated rings. The fraction of sp³-hybridized carbons (Fsp3) is 0.333. The number of nitrogens with one attached hydrogen (secondary N) is 1. The van der Waals surface area contributed by atoms with Crippen molar-refractivity contribution in [2.45, 2.75) is 6.18 Å². The number of para-hydroxylation sites is 1. The Morgan fingerprint density at radius 1 is 1.40 bits per heavy atom. The maximum Gasteiger partial charge on any atom is 0.405 e. The van der Waals surface area contributed by atoms with Crippen LogP contribution in [0.25, 0.3) is 0 Å². The molecule has 1 aromatic carbocycles. The zero-order valence-electron chi connectivity index (χ0n) is 10.5. The molecule has 1 N–H and O–H groups in total. The number of amides is 1. The summed E-state index contributed by atoms with van der Waals surface area (Å²) in [5.74, 6) is -0.740. The number of alkyl halides is 3. The van der Waals surface area contributed by atoms with Crippen molar-refractivity contribution in [2.75, 3.05) is 20.3 Å². The van der Waals surface area contributed by atoms with Crippen LogP contribution in [-0.4, -0.2) is 38.6 Å². The van der Waals surface area contributed by atoms with E-state index in [2.05, 4.69) is 0 Å². The lowest BCUT2D eigenvalue weighted by atomic mass is 10.2. The molecule has 0 radical (unpaired) electrons. The van der Waals surface area contributed by atoms with Crippen LogP contribution >= 0.6 is 0 Å². The number of carbonyl (C=O) groups excluding carboxylic acids is 2. The van der Waals surface area contributed by atoms with Crippen LogP contribution in [0.4, 0.5) is 13.2 Å². The fourth-order valence-corrected chi connectivity index (χ4v) is 1.33. The van der Waals surface area contributed by atoms with Gasteiger partial charge in [-0.1, -0.05) is 6.07 Å². The van der Waals surface area contributed by atoms with E-state index < -0.39 is 25.2 Å². The maximum absolute atomic E-state index is 11.9. The molecule has 0 heterocycles. The Hall–Kier alpha value is -2.25. The summed E-state index contributed by atoms with van der Waals surface area (Å²) in [4.78, 5) is 22.0.